The number of aromatic nitrogens is 1. The van der Waals surface area contributed by atoms with Crippen LogP contribution in [-0.2, 0) is 0 Å². The molecule has 0 fully saturated rings. The van der Waals surface area contributed by atoms with Crippen LogP contribution in [0.4, 0.5) is 11.5 Å². The van der Waals surface area contributed by atoms with Gasteiger partial charge in [-0.3, -0.25) is 0 Å². The largest absolute Gasteiger partial charge is 0.497 e. The molecule has 0 saturated heterocycles. The van der Waals surface area contributed by atoms with Crippen LogP contribution in [0.15, 0.2) is 36.4 Å². The average molecular weight is 239 g/mol. The predicted octanol–water partition coefficient (Wildman–Crippen LogP) is 3.01. The van der Waals surface area contributed by atoms with E-state index in [2.05, 4.69) is 16.4 Å². The Balaban J connectivity index is 2.33. The fourth-order valence-electron chi connectivity index (χ4n) is 1.58. The van der Waals surface area contributed by atoms with Gasteiger partial charge in [0.25, 0.3) is 0 Å². The van der Waals surface area contributed by atoms with Gasteiger partial charge in [-0.05, 0) is 31.2 Å². The molecule has 0 aliphatic heterocycles. The fraction of sp³-hybridized carbons (Fsp3) is 0.143. The van der Waals surface area contributed by atoms with Crippen molar-refractivity contribution >= 4 is 11.5 Å². The second-order valence-electron chi connectivity index (χ2n) is 3.82. The Kier molecular flexibility index (Phi) is 3.44. The molecule has 4 nitrogen and oxygen atoms in total. The molecule has 0 spiro atoms. The van der Waals surface area contributed by atoms with Crippen molar-refractivity contribution < 1.29 is 4.74 Å². The molecule has 0 aliphatic carbocycles. The van der Waals surface area contributed by atoms with Gasteiger partial charge in [-0.25, -0.2) is 4.98 Å². The van der Waals surface area contributed by atoms with Crippen molar-refractivity contribution in [1.82, 2.24) is 4.98 Å². The van der Waals surface area contributed by atoms with Crippen LogP contribution in [0.3, 0.4) is 0 Å². The number of hydrogen-bond donors (Lipinski definition) is 1. The third-order valence-corrected chi connectivity index (χ3v) is 2.49. The first kappa shape index (κ1) is 11.9. The van der Waals surface area contributed by atoms with Crippen molar-refractivity contribution in [1.29, 1.82) is 5.26 Å². The summed E-state index contributed by atoms with van der Waals surface area (Å²) >= 11 is 0. The van der Waals surface area contributed by atoms with Gasteiger partial charge in [-0.15, -0.1) is 0 Å². The number of nitrogens with one attached hydrogen (secondary N) is 1. The molecular formula is C14H13N3O. The smallest absolute Gasteiger partial charge is 0.148 e. The van der Waals surface area contributed by atoms with Gasteiger partial charge < -0.3 is 10.1 Å². The number of rotatable bonds is 3. The van der Waals surface area contributed by atoms with Crippen molar-refractivity contribution in [3.8, 4) is 11.8 Å². The van der Waals surface area contributed by atoms with Gasteiger partial charge >= 0.3 is 0 Å². The highest BCUT2D eigenvalue weighted by Gasteiger charge is 2.04. The standard InChI is InChI=1S/C14H13N3O/c1-10-6-7-11(9-15)14(16-10)17-12-4-3-5-13(8-12)18-2/h3-8H,1-2H3,(H,16,17). The summed E-state index contributed by atoms with van der Waals surface area (Å²) in [6.07, 6.45) is 0. The third-order valence-electron chi connectivity index (χ3n) is 2.49. The summed E-state index contributed by atoms with van der Waals surface area (Å²) in [4.78, 5) is 4.32. The lowest BCUT2D eigenvalue weighted by Crippen LogP contribution is -1.98. The molecule has 0 bridgehead atoms. The molecule has 0 amide bonds. The van der Waals surface area contributed by atoms with E-state index in [9.17, 15) is 0 Å². The molecule has 0 aliphatic rings. The maximum atomic E-state index is 9.03. The van der Waals surface area contributed by atoms with Crippen molar-refractivity contribution in [3.05, 3.63) is 47.7 Å². The summed E-state index contributed by atoms with van der Waals surface area (Å²) in [6.45, 7) is 1.89. The first-order valence-corrected chi connectivity index (χ1v) is 5.52. The molecule has 0 radical (unpaired) electrons. The maximum absolute atomic E-state index is 9.03. The fourth-order valence-corrected chi connectivity index (χ4v) is 1.58. The number of nitrogens with zero attached hydrogens (tertiary/aromatic N) is 2. The number of anilines is 2. The molecule has 2 aromatic rings. The zero-order chi connectivity index (χ0) is 13.0. The Bertz CT molecular complexity index is 602. The van der Waals surface area contributed by atoms with Crippen LogP contribution >= 0.6 is 0 Å². The van der Waals surface area contributed by atoms with Gasteiger partial charge in [0.15, 0.2) is 0 Å². The lowest BCUT2D eigenvalue weighted by atomic mass is 10.2. The minimum Gasteiger partial charge on any atom is -0.497 e. The molecule has 0 atom stereocenters. The van der Waals surface area contributed by atoms with Crippen LogP contribution in [0, 0.1) is 18.3 Å². The zero-order valence-electron chi connectivity index (χ0n) is 10.3. The molecule has 1 heterocycles. The minimum atomic E-state index is 0.517. The molecule has 1 aromatic heterocycles. The predicted molar refractivity (Wildman–Crippen MR) is 70.0 cm³/mol. The van der Waals surface area contributed by atoms with Crippen molar-refractivity contribution in [2.45, 2.75) is 6.92 Å². The van der Waals surface area contributed by atoms with Gasteiger partial charge in [0.2, 0.25) is 0 Å². The first-order valence-electron chi connectivity index (χ1n) is 5.52. The van der Waals surface area contributed by atoms with Crippen molar-refractivity contribution in [2.75, 3.05) is 12.4 Å². The van der Waals surface area contributed by atoms with Crippen LogP contribution in [0.5, 0.6) is 5.75 Å². The number of benzene rings is 1. The van der Waals surface area contributed by atoms with E-state index in [1.165, 1.54) is 0 Å². The number of methoxy groups -OCH3 is 1. The van der Waals surface area contributed by atoms with E-state index in [0.29, 0.717) is 11.4 Å². The minimum absolute atomic E-state index is 0.517. The molecular weight excluding hydrogens is 226 g/mol. The summed E-state index contributed by atoms with van der Waals surface area (Å²) in [6, 6.07) is 13.2. The van der Waals surface area contributed by atoms with Crippen LogP contribution < -0.4 is 10.1 Å². The highest BCUT2D eigenvalue weighted by atomic mass is 16.5. The summed E-state index contributed by atoms with van der Waals surface area (Å²) < 4.78 is 5.15. The Labute approximate surface area is 106 Å². The van der Waals surface area contributed by atoms with Crippen molar-refractivity contribution in [2.24, 2.45) is 0 Å². The monoisotopic (exact) mass is 239 g/mol. The molecule has 1 aromatic carbocycles. The average Bonchev–Trinajstić information content (AvgIpc) is 2.39. The summed E-state index contributed by atoms with van der Waals surface area (Å²) in [5.41, 5.74) is 2.21. The lowest BCUT2D eigenvalue weighted by molar-refractivity contribution is 0.415. The van der Waals surface area contributed by atoms with Gasteiger partial charge in [-0.2, -0.15) is 5.26 Å². The van der Waals surface area contributed by atoms with Gasteiger partial charge in [0.1, 0.15) is 17.6 Å². The molecule has 4 heteroatoms. The number of pyridine rings is 1. The summed E-state index contributed by atoms with van der Waals surface area (Å²) in [5.74, 6) is 1.32. The summed E-state index contributed by atoms with van der Waals surface area (Å²) in [5, 5.41) is 12.2. The molecule has 0 unspecified atom stereocenters. The zero-order valence-corrected chi connectivity index (χ0v) is 10.3. The van der Waals surface area contributed by atoms with E-state index in [1.807, 2.05) is 37.3 Å². The number of hydrogen-bond acceptors (Lipinski definition) is 4. The third kappa shape index (κ3) is 2.58. The molecule has 2 rings (SSSR count). The quantitative estimate of drug-likeness (QED) is 0.894. The Morgan fingerprint density at radius 1 is 1.28 bits per heavy atom. The van der Waals surface area contributed by atoms with Gasteiger partial charge in [-0.1, -0.05) is 6.07 Å². The van der Waals surface area contributed by atoms with E-state index in [-0.39, 0.29) is 0 Å². The topological polar surface area (TPSA) is 57.9 Å². The maximum Gasteiger partial charge on any atom is 0.148 e. The lowest BCUT2D eigenvalue weighted by Gasteiger charge is -2.09. The number of ether oxygens (including phenoxy) is 1. The van der Waals surface area contributed by atoms with E-state index in [1.54, 1.807) is 13.2 Å². The van der Waals surface area contributed by atoms with Gasteiger partial charge in [0, 0.05) is 17.4 Å². The second kappa shape index (κ2) is 5.19. The van der Waals surface area contributed by atoms with Crippen LogP contribution in [0.1, 0.15) is 11.3 Å². The second-order valence-corrected chi connectivity index (χ2v) is 3.82. The normalized spacial score (nSPS) is 9.61. The Morgan fingerprint density at radius 2 is 2.11 bits per heavy atom. The van der Waals surface area contributed by atoms with E-state index in [4.69, 9.17) is 10.00 Å². The van der Waals surface area contributed by atoms with Crippen LogP contribution in [-0.4, -0.2) is 12.1 Å². The first-order chi connectivity index (χ1) is 8.72. The van der Waals surface area contributed by atoms with Gasteiger partial charge in [0.05, 0.1) is 12.7 Å². The van der Waals surface area contributed by atoms with Crippen LogP contribution in [0.25, 0.3) is 0 Å². The number of nitriles is 1. The highest BCUT2D eigenvalue weighted by molar-refractivity contribution is 5.63. The molecule has 90 valence electrons. The SMILES string of the molecule is COc1cccc(Nc2nc(C)ccc2C#N)c1. The van der Waals surface area contributed by atoms with Crippen LogP contribution in [0.2, 0.25) is 0 Å². The summed E-state index contributed by atoms with van der Waals surface area (Å²) in [7, 11) is 1.62. The van der Waals surface area contributed by atoms with E-state index in [0.717, 1.165) is 17.1 Å². The Hall–Kier alpha value is -2.54. The molecule has 0 saturated carbocycles. The Morgan fingerprint density at radius 3 is 2.83 bits per heavy atom. The highest BCUT2D eigenvalue weighted by Crippen LogP contribution is 2.22. The molecule has 1 N–H and O–H groups in total. The number of aryl methyl sites for hydroxylation is 1. The van der Waals surface area contributed by atoms with Crippen molar-refractivity contribution in [3.63, 3.8) is 0 Å². The molecule has 18 heavy (non-hydrogen) atoms. The van der Waals surface area contributed by atoms with E-state index < -0.39 is 0 Å². The van der Waals surface area contributed by atoms with E-state index >= 15 is 0 Å².